The van der Waals surface area contributed by atoms with Crippen molar-refractivity contribution in [3.05, 3.63) is 109 Å². The highest BCUT2D eigenvalue weighted by Gasteiger charge is 2.17. The predicted molar refractivity (Wildman–Crippen MR) is 183 cm³/mol. The number of rotatable bonds is 10. The molecule has 7 aromatic rings. The number of aromatic nitrogens is 6. The van der Waals surface area contributed by atoms with Crippen LogP contribution in [0.2, 0.25) is 0 Å². The molecule has 0 aliphatic carbocycles. The summed E-state index contributed by atoms with van der Waals surface area (Å²) in [5, 5.41) is 14.8. The molecule has 2 aromatic carbocycles. The Morgan fingerprint density at radius 1 is 0.872 bits per heavy atom. The molecule has 11 heteroatoms. The molecule has 0 radical (unpaired) electrons. The van der Waals surface area contributed by atoms with Crippen molar-refractivity contribution in [3.8, 4) is 33.8 Å². The van der Waals surface area contributed by atoms with Crippen LogP contribution in [0.4, 0.5) is 15.8 Å². The highest BCUT2D eigenvalue weighted by atomic mass is 19.1. The Hall–Kier alpha value is -5.94. The van der Waals surface area contributed by atoms with Gasteiger partial charge in [-0.1, -0.05) is 30.3 Å². The summed E-state index contributed by atoms with van der Waals surface area (Å²) in [6.45, 7) is 1.52. The van der Waals surface area contributed by atoms with Gasteiger partial charge in [0.1, 0.15) is 17.0 Å². The number of likely N-dealkylation sites (N-methyl/N-ethyl adjacent to an activating group) is 1. The van der Waals surface area contributed by atoms with E-state index in [9.17, 15) is 9.18 Å². The maximum atomic E-state index is 14.7. The lowest BCUT2D eigenvalue weighted by Gasteiger charge is -2.13. The SMILES string of the molecule is CN(C)CCNc1cc(F)cc(-c2cncc3[nH]c(-c4n[nH]c5ccc(-c6cncc(NC(=O)Cc7ccccc7)c6)nc45)cc23)c1. The monoisotopic (exact) mass is 625 g/mol. The van der Waals surface area contributed by atoms with Crippen LogP contribution in [0.3, 0.4) is 0 Å². The van der Waals surface area contributed by atoms with E-state index in [1.54, 1.807) is 24.8 Å². The zero-order valence-electron chi connectivity index (χ0n) is 25.9. The van der Waals surface area contributed by atoms with Gasteiger partial charge in [0.15, 0.2) is 0 Å². The van der Waals surface area contributed by atoms with Gasteiger partial charge in [0.05, 0.1) is 46.9 Å². The first kappa shape index (κ1) is 29.8. The maximum absolute atomic E-state index is 14.7. The van der Waals surface area contributed by atoms with Gasteiger partial charge in [-0.25, -0.2) is 9.37 Å². The van der Waals surface area contributed by atoms with E-state index >= 15 is 0 Å². The number of hydrogen-bond donors (Lipinski definition) is 4. The highest BCUT2D eigenvalue weighted by molar-refractivity contribution is 6.00. The molecular weight excluding hydrogens is 593 g/mol. The number of fused-ring (bicyclic) bond motifs is 2. The minimum absolute atomic E-state index is 0.126. The smallest absolute Gasteiger partial charge is 0.228 e. The van der Waals surface area contributed by atoms with E-state index in [0.29, 0.717) is 34.8 Å². The normalized spacial score (nSPS) is 11.4. The van der Waals surface area contributed by atoms with Crippen molar-refractivity contribution >= 4 is 39.2 Å². The van der Waals surface area contributed by atoms with E-state index in [4.69, 9.17) is 4.98 Å². The third-order valence-corrected chi connectivity index (χ3v) is 7.83. The van der Waals surface area contributed by atoms with Crippen molar-refractivity contribution in [2.45, 2.75) is 6.42 Å². The second-order valence-corrected chi connectivity index (χ2v) is 11.6. The van der Waals surface area contributed by atoms with Crippen LogP contribution in [0.15, 0.2) is 97.6 Å². The zero-order chi connectivity index (χ0) is 32.3. The number of H-pyrrole nitrogens is 2. The maximum Gasteiger partial charge on any atom is 0.228 e. The molecule has 5 heterocycles. The fourth-order valence-corrected chi connectivity index (χ4v) is 5.56. The van der Waals surface area contributed by atoms with Gasteiger partial charge in [-0.05, 0) is 67.7 Å². The molecule has 5 aromatic heterocycles. The van der Waals surface area contributed by atoms with Gasteiger partial charge in [-0.3, -0.25) is 19.9 Å². The van der Waals surface area contributed by atoms with E-state index in [1.807, 2.05) is 74.8 Å². The highest BCUT2D eigenvalue weighted by Crippen LogP contribution is 2.35. The molecule has 0 saturated carbocycles. The van der Waals surface area contributed by atoms with E-state index < -0.39 is 0 Å². The summed E-state index contributed by atoms with van der Waals surface area (Å²) in [7, 11) is 4.00. The summed E-state index contributed by atoms with van der Waals surface area (Å²) in [4.78, 5) is 31.9. The van der Waals surface area contributed by atoms with Crippen LogP contribution < -0.4 is 10.6 Å². The van der Waals surface area contributed by atoms with Gasteiger partial charge in [0.25, 0.3) is 0 Å². The van der Waals surface area contributed by atoms with Gasteiger partial charge < -0.3 is 20.5 Å². The summed E-state index contributed by atoms with van der Waals surface area (Å²) in [5.74, 6) is -0.453. The molecular formula is C36H32FN9O. The van der Waals surface area contributed by atoms with Gasteiger partial charge in [0, 0.05) is 47.7 Å². The Bertz CT molecular complexity index is 2210. The van der Waals surface area contributed by atoms with Gasteiger partial charge in [0.2, 0.25) is 5.91 Å². The number of anilines is 2. The summed E-state index contributed by atoms with van der Waals surface area (Å²) < 4.78 is 14.7. The van der Waals surface area contributed by atoms with Crippen LogP contribution in [0.25, 0.3) is 55.7 Å². The molecule has 1 amide bonds. The number of benzene rings is 2. The number of hydrogen-bond acceptors (Lipinski definition) is 7. The van der Waals surface area contributed by atoms with E-state index in [1.165, 1.54) is 12.1 Å². The first-order valence-corrected chi connectivity index (χ1v) is 15.2. The fourth-order valence-electron chi connectivity index (χ4n) is 5.56. The second-order valence-electron chi connectivity index (χ2n) is 11.6. The quantitative estimate of drug-likeness (QED) is 0.136. The van der Waals surface area contributed by atoms with Crippen molar-refractivity contribution < 1.29 is 9.18 Å². The first-order chi connectivity index (χ1) is 22.9. The third kappa shape index (κ3) is 6.56. The molecule has 0 spiro atoms. The van der Waals surface area contributed by atoms with Crippen molar-refractivity contribution in [3.63, 3.8) is 0 Å². The molecule has 0 unspecified atom stereocenters. The number of nitrogens with one attached hydrogen (secondary N) is 4. The Morgan fingerprint density at radius 2 is 1.70 bits per heavy atom. The molecule has 4 N–H and O–H groups in total. The topological polar surface area (TPSA) is 128 Å². The van der Waals surface area contributed by atoms with Gasteiger partial charge >= 0.3 is 0 Å². The minimum atomic E-state index is -0.327. The molecule has 10 nitrogen and oxygen atoms in total. The summed E-state index contributed by atoms with van der Waals surface area (Å²) in [5.41, 5.74) is 8.77. The molecule has 0 saturated heterocycles. The number of nitrogens with zero attached hydrogens (tertiary/aromatic N) is 5. The van der Waals surface area contributed by atoms with Crippen LogP contribution >= 0.6 is 0 Å². The number of carbonyl (C=O) groups excluding carboxylic acids is 1. The van der Waals surface area contributed by atoms with E-state index in [2.05, 4.69) is 40.7 Å². The molecule has 0 aliphatic rings. The Kier molecular flexibility index (Phi) is 8.11. The summed E-state index contributed by atoms with van der Waals surface area (Å²) in [6.07, 6.45) is 7.09. The number of pyridine rings is 3. The van der Waals surface area contributed by atoms with Crippen LogP contribution in [-0.2, 0) is 11.2 Å². The summed E-state index contributed by atoms with van der Waals surface area (Å²) >= 11 is 0. The van der Waals surface area contributed by atoms with Crippen molar-refractivity contribution in [2.24, 2.45) is 0 Å². The molecule has 47 heavy (non-hydrogen) atoms. The number of amides is 1. The van der Waals surface area contributed by atoms with Crippen LogP contribution in [-0.4, -0.2) is 68.1 Å². The Morgan fingerprint density at radius 3 is 2.55 bits per heavy atom. The van der Waals surface area contributed by atoms with Crippen LogP contribution in [0.1, 0.15) is 5.56 Å². The van der Waals surface area contributed by atoms with Crippen molar-refractivity contribution in [2.75, 3.05) is 37.8 Å². The molecule has 0 aliphatic heterocycles. The summed E-state index contributed by atoms with van der Waals surface area (Å²) in [6, 6.07) is 22.2. The van der Waals surface area contributed by atoms with E-state index in [-0.39, 0.29) is 18.1 Å². The van der Waals surface area contributed by atoms with E-state index in [0.717, 1.165) is 50.9 Å². The fraction of sp³-hybridized carbons (Fsp3) is 0.139. The number of halogens is 1. The average Bonchev–Trinajstić information content (AvgIpc) is 3.69. The lowest BCUT2D eigenvalue weighted by atomic mass is 10.0. The standard InChI is InChI=1S/C36H32FN9O/c1-46(2)11-10-40-26-14-23(13-25(37)16-26)29-20-39-21-33-28(29)17-32(42-33)36-35-31(44-45-36)9-8-30(43-35)24-15-27(19-38-18-24)41-34(47)12-22-6-4-3-5-7-22/h3-9,13-21,40,42H,10-12H2,1-2H3,(H,41,47)(H,44,45). The molecule has 0 fully saturated rings. The molecule has 0 bridgehead atoms. The number of carbonyl (C=O) groups is 1. The van der Waals surface area contributed by atoms with Crippen LogP contribution in [0, 0.1) is 5.82 Å². The molecule has 7 rings (SSSR count). The zero-order valence-corrected chi connectivity index (χ0v) is 25.9. The largest absolute Gasteiger partial charge is 0.384 e. The Labute approximate surface area is 270 Å². The van der Waals surface area contributed by atoms with Crippen molar-refractivity contribution in [1.82, 2.24) is 35.0 Å². The second kappa shape index (κ2) is 12.8. The van der Waals surface area contributed by atoms with Crippen molar-refractivity contribution in [1.29, 1.82) is 0 Å². The number of aromatic amines is 2. The first-order valence-electron chi connectivity index (χ1n) is 15.2. The lowest BCUT2D eigenvalue weighted by Crippen LogP contribution is -2.20. The average molecular weight is 626 g/mol. The molecule has 234 valence electrons. The molecule has 0 atom stereocenters. The predicted octanol–water partition coefficient (Wildman–Crippen LogP) is 6.52. The van der Waals surface area contributed by atoms with Gasteiger partial charge in [-0.2, -0.15) is 5.10 Å². The van der Waals surface area contributed by atoms with Gasteiger partial charge in [-0.15, -0.1) is 0 Å². The van der Waals surface area contributed by atoms with Crippen LogP contribution in [0.5, 0.6) is 0 Å². The minimum Gasteiger partial charge on any atom is -0.384 e. The third-order valence-electron chi connectivity index (χ3n) is 7.83. The Balaban J connectivity index is 1.18. The lowest BCUT2D eigenvalue weighted by molar-refractivity contribution is -0.115.